The zero-order valence-corrected chi connectivity index (χ0v) is 9.59. The van der Waals surface area contributed by atoms with E-state index in [1.807, 2.05) is 0 Å². The zero-order valence-electron chi connectivity index (χ0n) is 7.08. The number of halogens is 2. The Kier molecular flexibility index (Phi) is 3.73. The van der Waals surface area contributed by atoms with Gasteiger partial charge in [-0.15, -0.1) is 22.2 Å². The Balaban J connectivity index is 2.43. The van der Waals surface area contributed by atoms with E-state index in [4.69, 9.17) is 22.2 Å². The van der Waals surface area contributed by atoms with Gasteiger partial charge in [0.15, 0.2) is 0 Å². The SMILES string of the molecule is C[Si](Cl)(Cl)C1CCCCCC1. The maximum atomic E-state index is 6.19. The van der Waals surface area contributed by atoms with Crippen LogP contribution in [0.15, 0.2) is 0 Å². The molecule has 0 N–H and O–H groups in total. The lowest BCUT2D eigenvalue weighted by molar-refractivity contribution is 0.688. The molecule has 0 aromatic rings. The molecule has 0 aromatic heterocycles. The fourth-order valence-electron chi connectivity index (χ4n) is 1.79. The predicted molar refractivity (Wildman–Crippen MR) is 54.8 cm³/mol. The summed E-state index contributed by atoms with van der Waals surface area (Å²) in [6, 6.07) is 0. The molecule has 0 amide bonds. The van der Waals surface area contributed by atoms with E-state index < -0.39 is 6.69 Å². The van der Waals surface area contributed by atoms with Crippen molar-refractivity contribution in [2.45, 2.75) is 50.6 Å². The second kappa shape index (κ2) is 4.15. The summed E-state index contributed by atoms with van der Waals surface area (Å²) in [7, 11) is 0. The lowest BCUT2D eigenvalue weighted by Gasteiger charge is -2.21. The van der Waals surface area contributed by atoms with Crippen LogP contribution in [0.4, 0.5) is 0 Å². The van der Waals surface area contributed by atoms with E-state index in [-0.39, 0.29) is 0 Å². The van der Waals surface area contributed by atoms with Crippen molar-refractivity contribution in [3.63, 3.8) is 0 Å². The van der Waals surface area contributed by atoms with Gasteiger partial charge in [-0.1, -0.05) is 38.5 Å². The summed E-state index contributed by atoms with van der Waals surface area (Å²) < 4.78 is 0. The largest absolute Gasteiger partial charge is 0.251 e. The minimum absolute atomic E-state index is 0.660. The summed E-state index contributed by atoms with van der Waals surface area (Å²) >= 11 is 12.4. The lowest BCUT2D eigenvalue weighted by Crippen LogP contribution is -2.21. The van der Waals surface area contributed by atoms with Crippen LogP contribution >= 0.6 is 22.2 Å². The van der Waals surface area contributed by atoms with Gasteiger partial charge in [-0.3, -0.25) is 0 Å². The van der Waals surface area contributed by atoms with Crippen LogP contribution in [0.3, 0.4) is 0 Å². The first-order chi connectivity index (χ1) is 5.11. The summed E-state index contributed by atoms with van der Waals surface area (Å²) in [6.07, 6.45) is 7.99. The van der Waals surface area contributed by atoms with Crippen LogP contribution in [0.25, 0.3) is 0 Å². The quantitative estimate of drug-likeness (QED) is 0.345. The van der Waals surface area contributed by atoms with Gasteiger partial charge in [0.25, 0.3) is 6.69 Å². The molecule has 1 saturated carbocycles. The van der Waals surface area contributed by atoms with Crippen molar-refractivity contribution in [1.29, 1.82) is 0 Å². The topological polar surface area (TPSA) is 0 Å². The molecule has 66 valence electrons. The maximum Gasteiger partial charge on any atom is 0.251 e. The second-order valence-corrected chi connectivity index (χ2v) is 11.7. The van der Waals surface area contributed by atoms with E-state index in [9.17, 15) is 0 Å². The van der Waals surface area contributed by atoms with Gasteiger partial charge in [0.1, 0.15) is 0 Å². The van der Waals surface area contributed by atoms with Gasteiger partial charge in [0.2, 0.25) is 0 Å². The molecule has 0 heterocycles. The highest BCUT2D eigenvalue weighted by molar-refractivity contribution is 7.45. The molecule has 0 radical (unpaired) electrons. The average molecular weight is 211 g/mol. The van der Waals surface area contributed by atoms with E-state index in [1.54, 1.807) is 0 Å². The highest BCUT2D eigenvalue weighted by Gasteiger charge is 2.32. The molecular weight excluding hydrogens is 195 g/mol. The van der Waals surface area contributed by atoms with Crippen LogP contribution in [0.1, 0.15) is 38.5 Å². The minimum Gasteiger partial charge on any atom is -0.146 e. The van der Waals surface area contributed by atoms with Crippen molar-refractivity contribution < 1.29 is 0 Å². The average Bonchev–Trinajstić information content (AvgIpc) is 2.10. The third-order valence-corrected chi connectivity index (χ3v) is 6.43. The molecule has 11 heavy (non-hydrogen) atoms. The highest BCUT2D eigenvalue weighted by atomic mass is 35.7. The number of hydrogen-bond donors (Lipinski definition) is 0. The van der Waals surface area contributed by atoms with Crippen LogP contribution in [0.5, 0.6) is 0 Å². The Morgan fingerprint density at radius 1 is 1.00 bits per heavy atom. The predicted octanol–water partition coefficient (Wildman–Crippen LogP) is 4.26. The van der Waals surface area contributed by atoms with Crippen LogP contribution in [-0.2, 0) is 0 Å². The molecular formula is C8H16Cl2Si. The van der Waals surface area contributed by atoms with Crippen LogP contribution in [0, 0.1) is 0 Å². The Morgan fingerprint density at radius 3 is 1.82 bits per heavy atom. The summed E-state index contributed by atoms with van der Waals surface area (Å²) in [5, 5.41) is 0. The Hall–Kier alpha value is 0.797. The van der Waals surface area contributed by atoms with Gasteiger partial charge in [-0.05, 0) is 12.1 Å². The number of rotatable bonds is 1. The fourth-order valence-corrected chi connectivity index (χ4v) is 4.52. The van der Waals surface area contributed by atoms with Gasteiger partial charge >= 0.3 is 0 Å². The second-order valence-electron chi connectivity index (χ2n) is 3.64. The van der Waals surface area contributed by atoms with Gasteiger partial charge in [0, 0.05) is 0 Å². The van der Waals surface area contributed by atoms with Crippen molar-refractivity contribution in [2.24, 2.45) is 0 Å². The standard InChI is InChI=1S/C8H16Cl2Si/c1-11(9,10)8-6-4-2-3-5-7-8/h8H,2-7H2,1H3. The maximum absolute atomic E-state index is 6.19. The van der Waals surface area contributed by atoms with Crippen molar-refractivity contribution >= 4 is 28.9 Å². The molecule has 0 atom stereocenters. The van der Waals surface area contributed by atoms with Crippen molar-refractivity contribution in [3.05, 3.63) is 0 Å². The fraction of sp³-hybridized carbons (Fsp3) is 1.00. The van der Waals surface area contributed by atoms with Crippen LogP contribution < -0.4 is 0 Å². The Bertz CT molecular complexity index is 112. The highest BCUT2D eigenvalue weighted by Crippen LogP contribution is 2.39. The summed E-state index contributed by atoms with van der Waals surface area (Å²) in [6.45, 7) is 0.217. The van der Waals surface area contributed by atoms with Crippen molar-refractivity contribution in [3.8, 4) is 0 Å². The van der Waals surface area contributed by atoms with Crippen molar-refractivity contribution in [2.75, 3.05) is 0 Å². The van der Waals surface area contributed by atoms with Gasteiger partial charge in [-0.2, -0.15) is 0 Å². The van der Waals surface area contributed by atoms with E-state index in [0.29, 0.717) is 5.54 Å². The third-order valence-electron chi connectivity index (χ3n) is 2.57. The van der Waals surface area contributed by atoms with Gasteiger partial charge in [-0.25, -0.2) is 0 Å². The van der Waals surface area contributed by atoms with E-state index in [0.717, 1.165) is 0 Å². The molecule has 0 spiro atoms. The minimum atomic E-state index is -1.84. The third kappa shape index (κ3) is 3.35. The first-order valence-corrected chi connectivity index (χ1v) is 9.08. The molecule has 0 nitrogen and oxygen atoms in total. The first kappa shape index (κ1) is 9.88. The summed E-state index contributed by atoms with van der Waals surface area (Å²) in [5.41, 5.74) is 0.660. The lowest BCUT2D eigenvalue weighted by atomic mass is 10.2. The summed E-state index contributed by atoms with van der Waals surface area (Å²) in [5.74, 6) is 0. The van der Waals surface area contributed by atoms with Crippen molar-refractivity contribution in [1.82, 2.24) is 0 Å². The molecule has 3 heteroatoms. The molecule has 1 aliphatic rings. The molecule has 1 rings (SSSR count). The zero-order chi connectivity index (χ0) is 8.32. The van der Waals surface area contributed by atoms with Gasteiger partial charge in [0.05, 0.1) is 0 Å². The first-order valence-electron chi connectivity index (χ1n) is 4.48. The van der Waals surface area contributed by atoms with Crippen LogP contribution in [-0.4, -0.2) is 6.69 Å². The molecule has 0 unspecified atom stereocenters. The molecule has 0 aliphatic heterocycles. The van der Waals surface area contributed by atoms with Gasteiger partial charge < -0.3 is 0 Å². The normalized spacial score (nSPS) is 23.2. The Labute approximate surface area is 79.7 Å². The van der Waals surface area contributed by atoms with E-state index in [2.05, 4.69) is 6.55 Å². The molecule has 0 bridgehead atoms. The Morgan fingerprint density at radius 2 is 1.45 bits per heavy atom. The molecule has 0 saturated heterocycles. The van der Waals surface area contributed by atoms with E-state index >= 15 is 0 Å². The number of hydrogen-bond acceptors (Lipinski definition) is 0. The van der Waals surface area contributed by atoms with E-state index in [1.165, 1.54) is 38.5 Å². The monoisotopic (exact) mass is 210 g/mol. The van der Waals surface area contributed by atoms with Crippen LogP contribution in [0.2, 0.25) is 12.1 Å². The smallest absolute Gasteiger partial charge is 0.146 e. The summed E-state index contributed by atoms with van der Waals surface area (Å²) in [4.78, 5) is 0. The molecule has 1 fully saturated rings. The molecule has 1 aliphatic carbocycles. The molecule has 0 aromatic carbocycles.